The fourth-order valence-corrected chi connectivity index (χ4v) is 3.26. The van der Waals surface area contributed by atoms with Crippen LogP contribution < -0.4 is 29.6 Å². The van der Waals surface area contributed by atoms with Crippen molar-refractivity contribution in [2.45, 2.75) is 13.1 Å². The van der Waals surface area contributed by atoms with Crippen LogP contribution in [0.2, 0.25) is 0 Å². The Labute approximate surface area is 198 Å². The van der Waals surface area contributed by atoms with Gasteiger partial charge >= 0.3 is 0 Å². The molecule has 0 radical (unpaired) electrons. The highest BCUT2D eigenvalue weighted by molar-refractivity contribution is 5.96. The van der Waals surface area contributed by atoms with Crippen LogP contribution in [0.5, 0.6) is 23.0 Å². The van der Waals surface area contributed by atoms with E-state index in [-0.39, 0.29) is 24.5 Å². The molecule has 0 saturated carbocycles. The Kier molecular flexibility index (Phi) is 8.28. The number of benzene rings is 2. The van der Waals surface area contributed by atoms with E-state index in [1.165, 1.54) is 0 Å². The fraction of sp³-hybridized carbons (Fsp3) is 0.240. The number of carbonyl (C=O) groups excluding carboxylic acids is 2. The molecule has 2 N–H and O–H groups in total. The molecule has 0 unspecified atom stereocenters. The summed E-state index contributed by atoms with van der Waals surface area (Å²) in [6, 6.07) is 15.3. The molecular weight excluding hydrogens is 438 g/mol. The zero-order valence-corrected chi connectivity index (χ0v) is 19.5. The summed E-state index contributed by atoms with van der Waals surface area (Å²) in [5.41, 5.74) is 1.73. The van der Waals surface area contributed by atoms with Gasteiger partial charge in [0, 0.05) is 24.2 Å². The molecule has 0 aliphatic carbocycles. The Hall–Kier alpha value is -4.27. The molecule has 0 fully saturated rings. The van der Waals surface area contributed by atoms with Gasteiger partial charge in [-0.05, 0) is 48.5 Å². The van der Waals surface area contributed by atoms with Crippen molar-refractivity contribution < 1.29 is 28.5 Å². The molecule has 34 heavy (non-hydrogen) atoms. The van der Waals surface area contributed by atoms with Gasteiger partial charge < -0.3 is 29.6 Å². The second-order valence-electron chi connectivity index (χ2n) is 7.13. The van der Waals surface area contributed by atoms with E-state index in [1.807, 2.05) is 0 Å². The lowest BCUT2D eigenvalue weighted by Gasteiger charge is -2.12. The van der Waals surface area contributed by atoms with Crippen LogP contribution in [0.25, 0.3) is 0 Å². The topological polar surface area (TPSA) is 108 Å². The van der Waals surface area contributed by atoms with Gasteiger partial charge in [0.1, 0.15) is 34.4 Å². The lowest BCUT2D eigenvalue weighted by Crippen LogP contribution is -2.27. The highest BCUT2D eigenvalue weighted by Crippen LogP contribution is 2.24. The average molecular weight is 466 g/mol. The minimum absolute atomic E-state index is 0.119. The maximum Gasteiger partial charge on any atom is 0.270 e. The van der Waals surface area contributed by atoms with Crippen LogP contribution >= 0.6 is 0 Å². The first-order chi connectivity index (χ1) is 16.5. The van der Waals surface area contributed by atoms with Crippen molar-refractivity contribution in [2.24, 2.45) is 0 Å². The maximum atomic E-state index is 12.7. The lowest BCUT2D eigenvalue weighted by molar-refractivity contribution is 0.0941. The summed E-state index contributed by atoms with van der Waals surface area (Å²) in [6.07, 6.45) is 0. The SMILES string of the molecule is COc1ccc(OC)c(CNC(=O)c2cccc(C(=O)NCc3cc(OC)ccc3OC)n2)c1. The number of ether oxygens (including phenoxy) is 4. The maximum absolute atomic E-state index is 12.7. The number of amides is 2. The minimum Gasteiger partial charge on any atom is -0.497 e. The van der Waals surface area contributed by atoms with Crippen LogP contribution in [-0.4, -0.2) is 45.2 Å². The molecule has 0 aliphatic rings. The van der Waals surface area contributed by atoms with Crippen LogP contribution in [0.4, 0.5) is 0 Å². The summed E-state index contributed by atoms with van der Waals surface area (Å²) in [5.74, 6) is 1.69. The molecular formula is C25H27N3O6. The van der Waals surface area contributed by atoms with Crippen molar-refractivity contribution in [1.29, 1.82) is 0 Å². The number of nitrogens with zero attached hydrogens (tertiary/aromatic N) is 1. The summed E-state index contributed by atoms with van der Waals surface area (Å²) in [5, 5.41) is 5.59. The van der Waals surface area contributed by atoms with Gasteiger partial charge in [-0.2, -0.15) is 0 Å². The standard InChI is InChI=1S/C25H27N3O6/c1-31-18-8-10-22(33-3)16(12-18)14-26-24(29)20-6-5-7-21(28-20)25(30)27-15-17-13-19(32-2)9-11-23(17)34-4/h5-13H,14-15H2,1-4H3,(H,26,29)(H,27,30). The van der Waals surface area contributed by atoms with Gasteiger partial charge in [-0.3, -0.25) is 9.59 Å². The first kappa shape index (κ1) is 24.4. The number of carbonyl (C=O) groups is 2. The van der Waals surface area contributed by atoms with Crippen LogP contribution in [0.3, 0.4) is 0 Å². The molecule has 9 heteroatoms. The Bertz CT molecular complexity index is 1080. The van der Waals surface area contributed by atoms with Crippen molar-refractivity contribution in [3.8, 4) is 23.0 Å². The smallest absolute Gasteiger partial charge is 0.270 e. The van der Waals surface area contributed by atoms with Gasteiger partial charge in [-0.1, -0.05) is 6.07 Å². The Morgan fingerprint density at radius 1 is 0.676 bits per heavy atom. The monoisotopic (exact) mass is 465 g/mol. The van der Waals surface area contributed by atoms with Crippen LogP contribution in [0, 0.1) is 0 Å². The normalized spacial score (nSPS) is 10.2. The lowest BCUT2D eigenvalue weighted by atomic mass is 10.1. The number of hydrogen-bond acceptors (Lipinski definition) is 7. The molecule has 1 heterocycles. The highest BCUT2D eigenvalue weighted by atomic mass is 16.5. The molecule has 0 atom stereocenters. The Morgan fingerprint density at radius 3 is 1.50 bits per heavy atom. The quantitative estimate of drug-likeness (QED) is 0.474. The number of pyridine rings is 1. The van der Waals surface area contributed by atoms with E-state index >= 15 is 0 Å². The summed E-state index contributed by atoms with van der Waals surface area (Å²) in [4.78, 5) is 29.6. The van der Waals surface area contributed by atoms with Crippen LogP contribution in [-0.2, 0) is 13.1 Å². The van der Waals surface area contributed by atoms with Gasteiger partial charge in [0.05, 0.1) is 28.4 Å². The molecule has 0 bridgehead atoms. The van der Waals surface area contributed by atoms with E-state index in [1.54, 1.807) is 83.0 Å². The van der Waals surface area contributed by atoms with Gasteiger partial charge in [0.15, 0.2) is 0 Å². The molecule has 9 nitrogen and oxygen atoms in total. The van der Waals surface area contributed by atoms with Gasteiger partial charge in [0.2, 0.25) is 0 Å². The van der Waals surface area contributed by atoms with Crippen molar-refractivity contribution in [3.63, 3.8) is 0 Å². The van der Waals surface area contributed by atoms with Crippen molar-refractivity contribution in [3.05, 3.63) is 77.1 Å². The third-order valence-corrected chi connectivity index (χ3v) is 5.07. The number of aromatic nitrogens is 1. The van der Waals surface area contributed by atoms with Crippen molar-refractivity contribution >= 4 is 11.8 Å². The first-order valence-electron chi connectivity index (χ1n) is 10.4. The largest absolute Gasteiger partial charge is 0.497 e. The second-order valence-corrected chi connectivity index (χ2v) is 7.13. The molecule has 3 aromatic rings. The summed E-state index contributed by atoms with van der Waals surface area (Å²) in [7, 11) is 6.24. The highest BCUT2D eigenvalue weighted by Gasteiger charge is 2.14. The first-order valence-corrected chi connectivity index (χ1v) is 10.4. The molecule has 0 spiro atoms. The van der Waals surface area contributed by atoms with Crippen LogP contribution in [0.1, 0.15) is 32.1 Å². The molecule has 2 amide bonds. The molecule has 0 saturated heterocycles. The molecule has 3 rings (SSSR count). The van der Waals surface area contributed by atoms with Gasteiger partial charge in [-0.15, -0.1) is 0 Å². The van der Waals surface area contributed by atoms with E-state index in [9.17, 15) is 9.59 Å². The third-order valence-electron chi connectivity index (χ3n) is 5.07. The minimum atomic E-state index is -0.422. The second kappa shape index (κ2) is 11.6. The summed E-state index contributed by atoms with van der Waals surface area (Å²) >= 11 is 0. The fourth-order valence-electron chi connectivity index (χ4n) is 3.26. The van der Waals surface area contributed by atoms with Gasteiger partial charge in [0.25, 0.3) is 11.8 Å². The van der Waals surface area contributed by atoms with E-state index in [4.69, 9.17) is 18.9 Å². The number of rotatable bonds is 10. The van der Waals surface area contributed by atoms with Crippen LogP contribution in [0.15, 0.2) is 54.6 Å². The average Bonchev–Trinajstić information content (AvgIpc) is 2.89. The predicted octanol–water partition coefficient (Wildman–Crippen LogP) is 2.98. The third kappa shape index (κ3) is 5.94. The summed E-state index contributed by atoms with van der Waals surface area (Å²) in [6.45, 7) is 0.403. The molecule has 178 valence electrons. The number of methoxy groups -OCH3 is 4. The zero-order chi connectivity index (χ0) is 24.5. The zero-order valence-electron chi connectivity index (χ0n) is 19.5. The number of nitrogens with one attached hydrogen (secondary N) is 2. The van der Waals surface area contributed by atoms with E-state index in [0.717, 1.165) is 11.1 Å². The van der Waals surface area contributed by atoms with Gasteiger partial charge in [-0.25, -0.2) is 4.98 Å². The molecule has 0 aliphatic heterocycles. The van der Waals surface area contributed by atoms with Crippen molar-refractivity contribution in [1.82, 2.24) is 15.6 Å². The molecule has 2 aromatic carbocycles. The Balaban J connectivity index is 1.66. The van der Waals surface area contributed by atoms with E-state index in [0.29, 0.717) is 23.0 Å². The summed E-state index contributed by atoms with van der Waals surface area (Å²) < 4.78 is 21.1. The Morgan fingerprint density at radius 2 is 1.12 bits per heavy atom. The molecule has 1 aromatic heterocycles. The van der Waals surface area contributed by atoms with E-state index < -0.39 is 11.8 Å². The predicted molar refractivity (Wildman–Crippen MR) is 126 cm³/mol. The van der Waals surface area contributed by atoms with Crippen molar-refractivity contribution in [2.75, 3.05) is 28.4 Å². The number of hydrogen-bond donors (Lipinski definition) is 2. The van der Waals surface area contributed by atoms with E-state index in [2.05, 4.69) is 15.6 Å².